The first kappa shape index (κ1) is 31.7. The summed E-state index contributed by atoms with van der Waals surface area (Å²) in [5, 5.41) is 26.0. The fourth-order valence-electron chi connectivity index (χ4n) is 3.07. The zero-order valence-corrected chi connectivity index (χ0v) is 21.4. The van der Waals surface area contributed by atoms with Crippen LogP contribution in [0, 0.1) is 11.8 Å². The van der Waals surface area contributed by atoms with Crippen LogP contribution in [0.3, 0.4) is 0 Å². The lowest BCUT2D eigenvalue weighted by Gasteiger charge is -2.30. The molecule has 0 radical (unpaired) electrons. The van der Waals surface area contributed by atoms with E-state index in [0.717, 1.165) is 0 Å². The third-order valence-electron chi connectivity index (χ3n) is 5.82. The van der Waals surface area contributed by atoms with Gasteiger partial charge in [0.2, 0.25) is 17.7 Å². The summed E-state index contributed by atoms with van der Waals surface area (Å²) in [6.45, 7) is 7.20. The number of carboxylic acid groups (broad SMARTS) is 2. The van der Waals surface area contributed by atoms with Gasteiger partial charge in [0.15, 0.2) is 0 Å². The molecule has 0 rings (SSSR count). The van der Waals surface area contributed by atoms with Gasteiger partial charge in [0.25, 0.3) is 0 Å². The van der Waals surface area contributed by atoms with Crippen LogP contribution in [0.15, 0.2) is 0 Å². The van der Waals surface area contributed by atoms with Crippen molar-refractivity contribution in [1.29, 1.82) is 0 Å². The SMILES string of the molecule is CCC(C)C(NC(=O)C(N)CCC(=O)O)C(=O)NC(C(=O)NC(CCSC)C(=O)O)C(C)CC. The van der Waals surface area contributed by atoms with Gasteiger partial charge in [0, 0.05) is 6.42 Å². The first-order valence-corrected chi connectivity index (χ1v) is 12.9. The molecule has 34 heavy (non-hydrogen) atoms. The smallest absolute Gasteiger partial charge is 0.326 e. The Labute approximate surface area is 205 Å². The van der Waals surface area contributed by atoms with Crippen LogP contribution < -0.4 is 21.7 Å². The molecule has 196 valence electrons. The van der Waals surface area contributed by atoms with Crippen molar-refractivity contribution in [2.75, 3.05) is 12.0 Å². The Morgan fingerprint density at radius 3 is 1.71 bits per heavy atom. The van der Waals surface area contributed by atoms with Crippen LogP contribution in [-0.2, 0) is 24.0 Å². The van der Waals surface area contributed by atoms with Crippen molar-refractivity contribution in [2.24, 2.45) is 17.6 Å². The molecule has 0 saturated carbocycles. The number of aliphatic carboxylic acids is 2. The molecular formula is C22H40N4O7S. The number of carbonyl (C=O) groups is 5. The zero-order chi connectivity index (χ0) is 26.4. The van der Waals surface area contributed by atoms with E-state index >= 15 is 0 Å². The van der Waals surface area contributed by atoms with Crippen molar-refractivity contribution in [2.45, 2.75) is 84.0 Å². The lowest BCUT2D eigenvalue weighted by atomic mass is 9.94. The molecule has 0 aromatic heterocycles. The lowest BCUT2D eigenvalue weighted by Crippen LogP contribution is -2.60. The van der Waals surface area contributed by atoms with Gasteiger partial charge < -0.3 is 31.9 Å². The molecule has 7 N–H and O–H groups in total. The van der Waals surface area contributed by atoms with Crippen molar-refractivity contribution in [3.8, 4) is 0 Å². The van der Waals surface area contributed by atoms with E-state index in [4.69, 9.17) is 10.8 Å². The minimum atomic E-state index is -1.16. The highest BCUT2D eigenvalue weighted by atomic mass is 32.2. The fourth-order valence-corrected chi connectivity index (χ4v) is 3.54. The largest absolute Gasteiger partial charge is 0.481 e. The molecular weight excluding hydrogens is 464 g/mol. The summed E-state index contributed by atoms with van der Waals surface area (Å²) in [6.07, 6.45) is 2.79. The number of thioether (sulfide) groups is 1. The molecule has 0 bridgehead atoms. The maximum atomic E-state index is 13.1. The molecule has 0 aliphatic carbocycles. The molecule has 0 spiro atoms. The Balaban J connectivity index is 5.54. The van der Waals surface area contributed by atoms with Crippen LogP contribution in [0.1, 0.15) is 59.8 Å². The number of carboxylic acids is 2. The second kappa shape index (κ2) is 16.3. The number of carbonyl (C=O) groups excluding carboxylic acids is 3. The highest BCUT2D eigenvalue weighted by Gasteiger charge is 2.34. The van der Waals surface area contributed by atoms with Gasteiger partial charge in [-0.2, -0.15) is 11.8 Å². The van der Waals surface area contributed by atoms with Crippen LogP contribution in [0.25, 0.3) is 0 Å². The van der Waals surface area contributed by atoms with Gasteiger partial charge in [-0.25, -0.2) is 4.79 Å². The average Bonchev–Trinajstić information content (AvgIpc) is 2.79. The number of hydrogen-bond acceptors (Lipinski definition) is 7. The molecule has 0 aromatic rings. The van der Waals surface area contributed by atoms with E-state index in [1.54, 1.807) is 13.8 Å². The van der Waals surface area contributed by atoms with Gasteiger partial charge in [0.05, 0.1) is 6.04 Å². The summed E-state index contributed by atoms with van der Waals surface area (Å²) in [6, 6.07) is -4.19. The number of nitrogens with one attached hydrogen (secondary N) is 3. The summed E-state index contributed by atoms with van der Waals surface area (Å²) >= 11 is 1.46. The van der Waals surface area contributed by atoms with Crippen molar-refractivity contribution in [3.63, 3.8) is 0 Å². The maximum absolute atomic E-state index is 13.1. The molecule has 3 amide bonds. The van der Waals surface area contributed by atoms with E-state index in [2.05, 4.69) is 16.0 Å². The maximum Gasteiger partial charge on any atom is 0.326 e. The summed E-state index contributed by atoms with van der Waals surface area (Å²) in [7, 11) is 0. The third-order valence-corrected chi connectivity index (χ3v) is 6.46. The number of amides is 3. The van der Waals surface area contributed by atoms with Gasteiger partial charge in [-0.15, -0.1) is 0 Å². The van der Waals surface area contributed by atoms with Crippen molar-refractivity contribution in [3.05, 3.63) is 0 Å². The Bertz CT molecular complexity index is 707. The molecule has 0 aliphatic rings. The second-order valence-corrected chi connectivity index (χ2v) is 9.45. The van der Waals surface area contributed by atoms with E-state index in [0.29, 0.717) is 18.6 Å². The normalized spacial score (nSPS) is 16.3. The number of nitrogens with two attached hydrogens (primary N) is 1. The molecule has 0 aliphatic heterocycles. The molecule has 6 unspecified atom stereocenters. The summed E-state index contributed by atoms with van der Waals surface area (Å²) in [5.41, 5.74) is 5.77. The lowest BCUT2D eigenvalue weighted by molar-refractivity contribution is -0.143. The Morgan fingerprint density at radius 2 is 1.29 bits per heavy atom. The first-order valence-electron chi connectivity index (χ1n) is 11.5. The van der Waals surface area contributed by atoms with Crippen LogP contribution in [0.2, 0.25) is 0 Å². The standard InChI is InChI=1S/C22H40N4O7S/c1-6-12(3)17(20(30)24-15(22(32)33)10-11-34-5)26-21(31)18(13(4)7-2)25-19(29)14(23)8-9-16(27)28/h12-15,17-18H,6-11,23H2,1-5H3,(H,24,30)(H,25,29)(H,26,31)(H,27,28)(H,32,33). The molecule has 0 heterocycles. The molecule has 11 nitrogen and oxygen atoms in total. The second-order valence-electron chi connectivity index (χ2n) is 8.46. The summed E-state index contributed by atoms with van der Waals surface area (Å²) < 4.78 is 0. The van der Waals surface area contributed by atoms with Crippen LogP contribution in [-0.4, -0.2) is 76.0 Å². The van der Waals surface area contributed by atoms with E-state index in [-0.39, 0.29) is 31.1 Å². The van der Waals surface area contributed by atoms with E-state index in [1.807, 2.05) is 20.1 Å². The van der Waals surface area contributed by atoms with Crippen LogP contribution in [0.4, 0.5) is 0 Å². The Kier molecular flexibility index (Phi) is 15.2. The Morgan fingerprint density at radius 1 is 0.824 bits per heavy atom. The van der Waals surface area contributed by atoms with Crippen LogP contribution >= 0.6 is 11.8 Å². The Hall–Kier alpha value is -2.34. The predicted molar refractivity (Wildman–Crippen MR) is 130 cm³/mol. The topological polar surface area (TPSA) is 188 Å². The third kappa shape index (κ3) is 11.2. The zero-order valence-electron chi connectivity index (χ0n) is 20.6. The van der Waals surface area contributed by atoms with E-state index in [1.165, 1.54) is 11.8 Å². The quantitative estimate of drug-likeness (QED) is 0.164. The van der Waals surface area contributed by atoms with Crippen LogP contribution in [0.5, 0.6) is 0 Å². The summed E-state index contributed by atoms with van der Waals surface area (Å²) in [4.78, 5) is 60.8. The minimum absolute atomic E-state index is 0.0828. The fraction of sp³-hybridized carbons (Fsp3) is 0.773. The highest BCUT2D eigenvalue weighted by molar-refractivity contribution is 7.98. The average molecular weight is 505 g/mol. The monoisotopic (exact) mass is 504 g/mol. The molecule has 12 heteroatoms. The van der Waals surface area contributed by atoms with Gasteiger partial charge >= 0.3 is 11.9 Å². The van der Waals surface area contributed by atoms with Gasteiger partial charge in [-0.1, -0.05) is 40.5 Å². The highest BCUT2D eigenvalue weighted by Crippen LogP contribution is 2.13. The first-order chi connectivity index (χ1) is 15.9. The van der Waals surface area contributed by atoms with Crippen molar-refractivity contribution in [1.82, 2.24) is 16.0 Å². The predicted octanol–water partition coefficient (Wildman–Crippen LogP) is 0.563. The van der Waals surface area contributed by atoms with E-state index < -0.39 is 53.8 Å². The van der Waals surface area contributed by atoms with Crippen molar-refractivity contribution < 1.29 is 34.2 Å². The number of hydrogen-bond donors (Lipinski definition) is 6. The summed E-state index contributed by atoms with van der Waals surface area (Å²) in [5.74, 6) is -4.16. The molecule has 0 fully saturated rings. The number of rotatable bonds is 17. The van der Waals surface area contributed by atoms with Gasteiger partial charge in [0.1, 0.15) is 18.1 Å². The molecule has 0 saturated heterocycles. The van der Waals surface area contributed by atoms with Gasteiger partial charge in [-0.3, -0.25) is 19.2 Å². The molecule has 0 aromatic carbocycles. The molecule has 6 atom stereocenters. The van der Waals surface area contributed by atoms with Crippen molar-refractivity contribution >= 4 is 41.4 Å². The van der Waals surface area contributed by atoms with Gasteiger partial charge in [-0.05, 0) is 36.7 Å². The van der Waals surface area contributed by atoms with E-state index in [9.17, 15) is 29.1 Å². The minimum Gasteiger partial charge on any atom is -0.481 e.